The zero-order valence-corrected chi connectivity index (χ0v) is 9.64. The zero-order chi connectivity index (χ0) is 10.2. The fourth-order valence-electron chi connectivity index (χ4n) is 2.71. The van der Waals surface area contributed by atoms with Crippen molar-refractivity contribution in [1.82, 2.24) is 0 Å². The summed E-state index contributed by atoms with van der Waals surface area (Å²) >= 11 is 0. The lowest BCUT2D eigenvalue weighted by Crippen LogP contribution is -2.46. The molecule has 2 nitrogen and oxygen atoms in total. The molecule has 2 aliphatic heterocycles. The van der Waals surface area contributed by atoms with Crippen LogP contribution in [0.15, 0.2) is 0 Å². The number of ether oxygens (including phenoxy) is 2. The Labute approximate surface area is 87.0 Å². The minimum absolute atomic E-state index is 0.0667. The third-order valence-electron chi connectivity index (χ3n) is 4.27. The van der Waals surface area contributed by atoms with E-state index >= 15 is 0 Å². The molecule has 0 N–H and O–H groups in total. The number of hydrogen-bond donors (Lipinski definition) is 0. The van der Waals surface area contributed by atoms with Crippen LogP contribution in [0.3, 0.4) is 0 Å². The maximum atomic E-state index is 5.95. The van der Waals surface area contributed by atoms with Crippen molar-refractivity contribution in [2.45, 2.75) is 45.6 Å². The van der Waals surface area contributed by atoms with Gasteiger partial charge in [-0.25, -0.2) is 0 Å². The number of hydrogen-bond acceptors (Lipinski definition) is 2. The molecule has 0 bridgehead atoms. The molecule has 0 aromatic carbocycles. The van der Waals surface area contributed by atoms with Crippen molar-refractivity contribution < 1.29 is 9.47 Å². The van der Waals surface area contributed by atoms with Crippen LogP contribution in [0.25, 0.3) is 0 Å². The summed E-state index contributed by atoms with van der Waals surface area (Å²) in [5.41, 5.74) is 0.517. The summed E-state index contributed by atoms with van der Waals surface area (Å²) in [6.07, 6.45) is 3.47. The van der Waals surface area contributed by atoms with Crippen LogP contribution in [0.1, 0.15) is 40.0 Å². The summed E-state index contributed by atoms with van der Waals surface area (Å²) in [4.78, 5) is 0. The molecule has 0 aromatic rings. The van der Waals surface area contributed by atoms with Crippen LogP contribution in [0, 0.1) is 11.3 Å². The van der Waals surface area contributed by atoms with E-state index in [1.165, 1.54) is 12.8 Å². The fourth-order valence-corrected chi connectivity index (χ4v) is 2.71. The Kier molecular flexibility index (Phi) is 2.61. The van der Waals surface area contributed by atoms with Crippen LogP contribution in [0.2, 0.25) is 0 Å². The van der Waals surface area contributed by atoms with Crippen molar-refractivity contribution in [3.63, 3.8) is 0 Å². The van der Waals surface area contributed by atoms with Gasteiger partial charge in [0.15, 0.2) is 0 Å². The molecule has 0 aliphatic carbocycles. The second kappa shape index (κ2) is 3.49. The van der Waals surface area contributed by atoms with Gasteiger partial charge < -0.3 is 9.47 Å². The molecule has 2 aliphatic rings. The van der Waals surface area contributed by atoms with E-state index in [4.69, 9.17) is 9.47 Å². The SMILES string of the molecule is CC(C)C1(C)CCOC2(CCOC2)C1. The summed E-state index contributed by atoms with van der Waals surface area (Å²) in [5.74, 6) is 0.740. The third-order valence-corrected chi connectivity index (χ3v) is 4.27. The molecule has 2 heteroatoms. The highest BCUT2D eigenvalue weighted by molar-refractivity contribution is 4.96. The summed E-state index contributed by atoms with van der Waals surface area (Å²) in [7, 11) is 0. The van der Waals surface area contributed by atoms with E-state index in [1.807, 2.05) is 0 Å². The summed E-state index contributed by atoms with van der Waals surface area (Å²) in [6, 6.07) is 0. The maximum Gasteiger partial charge on any atom is 0.0942 e. The van der Waals surface area contributed by atoms with Crippen molar-refractivity contribution in [1.29, 1.82) is 0 Å². The monoisotopic (exact) mass is 198 g/mol. The second-order valence-corrected chi connectivity index (χ2v) is 5.57. The minimum Gasteiger partial charge on any atom is -0.378 e. The predicted molar refractivity (Wildman–Crippen MR) is 56.3 cm³/mol. The highest BCUT2D eigenvalue weighted by atomic mass is 16.6. The molecule has 82 valence electrons. The molecular weight excluding hydrogens is 176 g/mol. The van der Waals surface area contributed by atoms with Crippen molar-refractivity contribution >= 4 is 0 Å². The van der Waals surface area contributed by atoms with Gasteiger partial charge in [-0.15, -0.1) is 0 Å². The van der Waals surface area contributed by atoms with E-state index in [2.05, 4.69) is 20.8 Å². The van der Waals surface area contributed by atoms with E-state index in [-0.39, 0.29) is 5.60 Å². The third kappa shape index (κ3) is 1.70. The van der Waals surface area contributed by atoms with Crippen LogP contribution in [0.5, 0.6) is 0 Å². The molecule has 2 fully saturated rings. The Balaban J connectivity index is 2.10. The highest BCUT2D eigenvalue weighted by Gasteiger charge is 2.46. The molecule has 2 unspecified atom stereocenters. The van der Waals surface area contributed by atoms with E-state index in [9.17, 15) is 0 Å². The predicted octanol–water partition coefficient (Wildman–Crippen LogP) is 2.62. The van der Waals surface area contributed by atoms with Crippen LogP contribution < -0.4 is 0 Å². The molecule has 2 heterocycles. The smallest absolute Gasteiger partial charge is 0.0942 e. The van der Waals surface area contributed by atoms with Gasteiger partial charge in [0.1, 0.15) is 0 Å². The Morgan fingerprint density at radius 2 is 1.93 bits per heavy atom. The van der Waals surface area contributed by atoms with Gasteiger partial charge in [0.05, 0.1) is 12.2 Å². The number of rotatable bonds is 1. The second-order valence-electron chi connectivity index (χ2n) is 5.57. The summed E-state index contributed by atoms with van der Waals surface area (Å²) in [5, 5.41) is 0. The van der Waals surface area contributed by atoms with Crippen molar-refractivity contribution in [3.8, 4) is 0 Å². The maximum absolute atomic E-state index is 5.95. The van der Waals surface area contributed by atoms with Crippen LogP contribution in [-0.2, 0) is 9.47 Å². The van der Waals surface area contributed by atoms with Gasteiger partial charge in [-0.2, -0.15) is 0 Å². The fraction of sp³-hybridized carbons (Fsp3) is 1.00. The molecular formula is C12H22O2. The average molecular weight is 198 g/mol. The Morgan fingerprint density at radius 3 is 2.50 bits per heavy atom. The largest absolute Gasteiger partial charge is 0.378 e. The molecule has 2 saturated heterocycles. The van der Waals surface area contributed by atoms with Crippen molar-refractivity contribution in [3.05, 3.63) is 0 Å². The minimum atomic E-state index is 0.0667. The lowest BCUT2D eigenvalue weighted by atomic mass is 9.67. The van der Waals surface area contributed by atoms with Gasteiger partial charge in [-0.05, 0) is 24.2 Å². The Bertz CT molecular complexity index is 202. The first-order valence-electron chi connectivity index (χ1n) is 5.78. The molecule has 0 saturated carbocycles. The lowest BCUT2D eigenvalue weighted by molar-refractivity contribution is -0.132. The first-order valence-corrected chi connectivity index (χ1v) is 5.78. The van der Waals surface area contributed by atoms with E-state index in [0.29, 0.717) is 5.41 Å². The Hall–Kier alpha value is -0.0800. The van der Waals surface area contributed by atoms with Gasteiger partial charge in [-0.1, -0.05) is 20.8 Å². The van der Waals surface area contributed by atoms with Gasteiger partial charge in [0.25, 0.3) is 0 Å². The van der Waals surface area contributed by atoms with Crippen molar-refractivity contribution in [2.75, 3.05) is 19.8 Å². The normalized spacial score (nSPS) is 43.7. The molecule has 1 spiro atoms. The molecule has 0 radical (unpaired) electrons. The van der Waals surface area contributed by atoms with Gasteiger partial charge in [-0.3, -0.25) is 0 Å². The molecule has 14 heavy (non-hydrogen) atoms. The first-order chi connectivity index (χ1) is 6.56. The molecule has 0 amide bonds. The summed E-state index contributed by atoms with van der Waals surface area (Å²) < 4.78 is 11.4. The summed E-state index contributed by atoms with van der Waals surface area (Å²) in [6.45, 7) is 9.67. The Morgan fingerprint density at radius 1 is 1.14 bits per heavy atom. The van der Waals surface area contributed by atoms with Gasteiger partial charge >= 0.3 is 0 Å². The first kappa shape index (κ1) is 10.4. The zero-order valence-electron chi connectivity index (χ0n) is 9.64. The topological polar surface area (TPSA) is 18.5 Å². The van der Waals surface area contributed by atoms with E-state index in [0.717, 1.165) is 32.2 Å². The van der Waals surface area contributed by atoms with Gasteiger partial charge in [0, 0.05) is 19.6 Å². The van der Waals surface area contributed by atoms with Crippen LogP contribution in [0.4, 0.5) is 0 Å². The van der Waals surface area contributed by atoms with Crippen molar-refractivity contribution in [2.24, 2.45) is 11.3 Å². The highest BCUT2D eigenvalue weighted by Crippen LogP contribution is 2.46. The lowest BCUT2D eigenvalue weighted by Gasteiger charge is -2.46. The standard InChI is InChI=1S/C12H22O2/c1-10(2)11(3)4-7-14-12(8-11)5-6-13-9-12/h10H,4-9H2,1-3H3. The van der Waals surface area contributed by atoms with E-state index < -0.39 is 0 Å². The molecule has 2 atom stereocenters. The van der Waals surface area contributed by atoms with E-state index in [1.54, 1.807) is 0 Å². The van der Waals surface area contributed by atoms with Gasteiger partial charge in [0.2, 0.25) is 0 Å². The molecule has 0 aromatic heterocycles. The molecule has 2 rings (SSSR count). The van der Waals surface area contributed by atoms with Crippen LogP contribution in [-0.4, -0.2) is 25.4 Å². The van der Waals surface area contributed by atoms with Crippen LogP contribution >= 0.6 is 0 Å². The average Bonchev–Trinajstić information content (AvgIpc) is 2.53. The quantitative estimate of drug-likeness (QED) is 0.645.